The first-order valence-electron chi connectivity index (χ1n) is 11.1. The Morgan fingerprint density at radius 3 is 2.77 bits per heavy atom. The van der Waals surface area contributed by atoms with E-state index in [4.69, 9.17) is 53.8 Å². The monoisotopic (exact) mass is 544 g/mol. The van der Waals surface area contributed by atoms with Crippen molar-refractivity contribution in [2.24, 2.45) is 0 Å². The van der Waals surface area contributed by atoms with Gasteiger partial charge in [0.05, 0.1) is 29.5 Å². The number of carbonyl (C=O) groups is 1. The first kappa shape index (κ1) is 27.4. The molecule has 1 saturated heterocycles. The molecule has 1 N–H and O–H groups in total. The van der Waals surface area contributed by atoms with E-state index in [9.17, 15) is 10.1 Å². The summed E-state index contributed by atoms with van der Waals surface area (Å²) in [4.78, 5) is 12.3. The number of nitrogens with one attached hydrogen (secondary N) is 1. The minimum absolute atomic E-state index is 0.181. The maximum atomic E-state index is 12.3. The molecule has 1 fully saturated rings. The average Bonchev–Trinajstić information content (AvgIpc) is 3.25. The van der Waals surface area contributed by atoms with E-state index in [-0.39, 0.29) is 12.1 Å². The molecule has 1 unspecified atom stereocenters. The smallest absolute Gasteiger partial charge is 0.412 e. The summed E-state index contributed by atoms with van der Waals surface area (Å²) < 4.78 is 21.8. The topological polar surface area (TPSA) is 108 Å². The third-order valence-electron chi connectivity index (χ3n) is 5.08. The number of hydrogen-bond acceptors (Lipinski definition) is 7. The van der Waals surface area contributed by atoms with E-state index < -0.39 is 21.9 Å². The van der Waals surface area contributed by atoms with Crippen molar-refractivity contribution in [2.45, 2.75) is 48.6 Å². The second kappa shape index (κ2) is 12.2. The van der Waals surface area contributed by atoms with E-state index in [1.54, 1.807) is 44.2 Å². The van der Waals surface area contributed by atoms with Gasteiger partial charge in [0.2, 0.25) is 3.79 Å². The van der Waals surface area contributed by atoms with Crippen LogP contribution in [0.5, 0.6) is 5.75 Å². The Morgan fingerprint density at radius 1 is 1.29 bits per heavy atom. The second-order valence-corrected chi connectivity index (χ2v) is 10.9. The van der Waals surface area contributed by atoms with Crippen molar-refractivity contribution in [3.05, 3.63) is 36.0 Å². The fourth-order valence-electron chi connectivity index (χ4n) is 3.20. The van der Waals surface area contributed by atoms with Crippen LogP contribution < -0.4 is 10.1 Å². The number of rotatable bonds is 9. The highest BCUT2D eigenvalue weighted by molar-refractivity contribution is 6.67. The Labute approximate surface area is 219 Å². The fourth-order valence-corrected chi connectivity index (χ4v) is 3.37. The van der Waals surface area contributed by atoms with E-state index in [0.29, 0.717) is 30.3 Å². The molecule has 1 atom stereocenters. The molecule has 1 aliphatic heterocycles. The Balaban J connectivity index is 1.72. The molecule has 0 spiro atoms. The molecule has 0 aliphatic carbocycles. The number of amides is 1. The van der Waals surface area contributed by atoms with Crippen molar-refractivity contribution in [1.82, 2.24) is 9.78 Å². The summed E-state index contributed by atoms with van der Waals surface area (Å²) in [5.41, 5.74) is 0.134. The number of benzene rings is 1. The van der Waals surface area contributed by atoms with Gasteiger partial charge in [-0.15, -0.1) is 0 Å². The molecular formula is C23H27Cl3N4O5. The highest BCUT2D eigenvalue weighted by Gasteiger charge is 2.27. The van der Waals surface area contributed by atoms with Gasteiger partial charge in [0.1, 0.15) is 24.8 Å². The Kier molecular flexibility index (Phi) is 9.50. The third kappa shape index (κ3) is 8.44. The van der Waals surface area contributed by atoms with Crippen molar-refractivity contribution < 1.29 is 23.7 Å². The molecule has 1 aromatic heterocycles. The molecule has 1 aromatic carbocycles. The number of hydrogen-bond donors (Lipinski definition) is 1. The molecule has 3 rings (SSSR count). The van der Waals surface area contributed by atoms with Gasteiger partial charge in [-0.1, -0.05) is 40.9 Å². The van der Waals surface area contributed by atoms with Crippen molar-refractivity contribution in [3.63, 3.8) is 0 Å². The van der Waals surface area contributed by atoms with Gasteiger partial charge in [0, 0.05) is 18.7 Å². The van der Waals surface area contributed by atoms with Crippen molar-refractivity contribution in [1.29, 1.82) is 5.26 Å². The number of halogens is 3. The molecule has 190 valence electrons. The Bertz CT molecular complexity index is 1040. The predicted molar refractivity (Wildman–Crippen MR) is 133 cm³/mol. The van der Waals surface area contributed by atoms with Crippen LogP contribution in [0.15, 0.2) is 30.3 Å². The number of aromatic nitrogens is 2. The average molecular weight is 546 g/mol. The van der Waals surface area contributed by atoms with Crippen LogP contribution in [0.3, 0.4) is 0 Å². The van der Waals surface area contributed by atoms with Crippen LogP contribution in [0.2, 0.25) is 0 Å². The van der Waals surface area contributed by atoms with Gasteiger partial charge in [0.15, 0.2) is 6.29 Å². The van der Waals surface area contributed by atoms with Gasteiger partial charge >= 0.3 is 6.09 Å². The van der Waals surface area contributed by atoms with Crippen LogP contribution in [-0.4, -0.2) is 52.4 Å². The number of anilines is 1. The summed E-state index contributed by atoms with van der Waals surface area (Å²) in [6.07, 6.45) is 2.02. The van der Waals surface area contributed by atoms with Crippen molar-refractivity contribution in [2.75, 3.05) is 31.7 Å². The van der Waals surface area contributed by atoms with Crippen LogP contribution in [0.1, 0.15) is 38.8 Å². The largest absolute Gasteiger partial charge is 0.491 e. The highest BCUT2D eigenvalue weighted by atomic mass is 35.6. The molecular weight excluding hydrogens is 519 g/mol. The van der Waals surface area contributed by atoms with E-state index in [2.05, 4.69) is 16.5 Å². The summed E-state index contributed by atoms with van der Waals surface area (Å²) in [7, 11) is 0. The van der Waals surface area contributed by atoms with E-state index in [1.807, 2.05) is 0 Å². The lowest BCUT2D eigenvalue weighted by atomic mass is 9.92. The summed E-state index contributed by atoms with van der Waals surface area (Å²) in [5.74, 6) is 0.851. The molecule has 1 aliphatic rings. The van der Waals surface area contributed by atoms with Gasteiger partial charge in [-0.05, 0) is 45.2 Å². The second-order valence-electron chi connectivity index (χ2n) is 8.39. The van der Waals surface area contributed by atoms with Crippen LogP contribution in [0.4, 0.5) is 10.6 Å². The highest BCUT2D eigenvalue weighted by Crippen LogP contribution is 2.29. The summed E-state index contributed by atoms with van der Waals surface area (Å²) in [6.45, 7) is 4.45. The molecule has 2 heterocycles. The number of nitriles is 1. The Morgan fingerprint density at radius 2 is 2.09 bits per heavy atom. The first-order valence-corrected chi connectivity index (χ1v) is 12.2. The van der Waals surface area contributed by atoms with Crippen LogP contribution in [0, 0.1) is 11.3 Å². The van der Waals surface area contributed by atoms with Crippen molar-refractivity contribution in [3.8, 4) is 17.5 Å². The molecule has 0 radical (unpaired) electrons. The van der Waals surface area contributed by atoms with Crippen LogP contribution >= 0.6 is 34.8 Å². The number of ether oxygens (including phenoxy) is 4. The standard InChI is InChI=1S/C23H27Cl3N4O5/c1-22(2,14-27)18-13-19(28-21(31)35-15-23(24,25)26)30(29-18)16-6-5-7-17(12-16)32-10-11-34-20-8-3-4-9-33-20/h5-7,12-13,20H,3-4,8-11,15H2,1-2H3,(H,28,31). The number of alkyl halides is 3. The molecule has 0 saturated carbocycles. The lowest BCUT2D eigenvalue weighted by Gasteiger charge is -2.22. The lowest BCUT2D eigenvalue weighted by Crippen LogP contribution is -2.24. The lowest BCUT2D eigenvalue weighted by molar-refractivity contribution is -0.165. The quantitative estimate of drug-likeness (QED) is 0.327. The number of carbonyl (C=O) groups excluding carboxylic acids is 1. The van der Waals surface area contributed by atoms with E-state index >= 15 is 0 Å². The zero-order valence-corrected chi connectivity index (χ0v) is 21.7. The molecule has 0 bridgehead atoms. The van der Waals surface area contributed by atoms with E-state index in [1.165, 1.54) is 4.68 Å². The normalized spacial score (nSPS) is 16.4. The molecule has 12 heteroatoms. The summed E-state index contributed by atoms with van der Waals surface area (Å²) >= 11 is 16.9. The first-order chi connectivity index (χ1) is 16.6. The molecule has 1 amide bonds. The summed E-state index contributed by atoms with van der Waals surface area (Å²) in [6, 6.07) is 10.9. The van der Waals surface area contributed by atoms with Gasteiger partial charge in [-0.3, -0.25) is 5.32 Å². The van der Waals surface area contributed by atoms with Gasteiger partial charge < -0.3 is 18.9 Å². The Hall–Kier alpha value is -2.22. The van der Waals surface area contributed by atoms with Gasteiger partial charge in [0.25, 0.3) is 0 Å². The maximum Gasteiger partial charge on any atom is 0.412 e. The molecule has 2 aromatic rings. The summed E-state index contributed by atoms with van der Waals surface area (Å²) in [5, 5.41) is 16.7. The van der Waals surface area contributed by atoms with Crippen molar-refractivity contribution >= 4 is 46.7 Å². The van der Waals surface area contributed by atoms with Crippen LogP contribution in [-0.2, 0) is 19.6 Å². The zero-order valence-electron chi connectivity index (χ0n) is 19.4. The van der Waals surface area contributed by atoms with Gasteiger partial charge in [-0.25, -0.2) is 9.48 Å². The minimum Gasteiger partial charge on any atom is -0.491 e. The third-order valence-corrected chi connectivity index (χ3v) is 5.41. The van der Waals surface area contributed by atoms with Gasteiger partial charge in [-0.2, -0.15) is 10.4 Å². The fraction of sp³-hybridized carbons (Fsp3) is 0.522. The number of nitrogens with zero attached hydrogens (tertiary/aromatic N) is 3. The predicted octanol–water partition coefficient (Wildman–Crippen LogP) is 5.51. The molecule has 9 nitrogen and oxygen atoms in total. The minimum atomic E-state index is -1.75. The maximum absolute atomic E-state index is 12.3. The van der Waals surface area contributed by atoms with E-state index in [0.717, 1.165) is 25.9 Å². The van der Waals surface area contributed by atoms with Crippen LogP contribution in [0.25, 0.3) is 5.69 Å². The molecule has 35 heavy (non-hydrogen) atoms. The SMILES string of the molecule is CC(C)(C#N)c1cc(NC(=O)OCC(Cl)(Cl)Cl)n(-c2cccc(OCCOC3CCCCO3)c2)n1. The zero-order chi connectivity index (χ0) is 25.5.